The van der Waals surface area contributed by atoms with Crippen LogP contribution in [0.5, 0.6) is 0 Å². The van der Waals surface area contributed by atoms with Gasteiger partial charge in [0.05, 0.1) is 10.7 Å². The maximum atomic E-state index is 12.6. The molecule has 0 fully saturated rings. The molecule has 0 spiro atoms. The Bertz CT molecular complexity index is 652. The number of hydrogen-bond donors (Lipinski definition) is 3. The molecule has 0 bridgehead atoms. The van der Waals surface area contributed by atoms with Crippen LogP contribution in [0.25, 0.3) is 0 Å². The predicted molar refractivity (Wildman–Crippen MR) is 84.8 cm³/mol. The van der Waals surface area contributed by atoms with Gasteiger partial charge in [0.25, 0.3) is 5.91 Å². The molecular weight excluding hydrogens is 349 g/mol. The summed E-state index contributed by atoms with van der Waals surface area (Å²) in [6.07, 6.45) is -5.13. The van der Waals surface area contributed by atoms with Crippen LogP contribution in [-0.4, -0.2) is 28.7 Å². The lowest BCUT2D eigenvalue weighted by molar-refractivity contribution is -0.242. The molecule has 134 valence electrons. The van der Waals surface area contributed by atoms with E-state index in [9.17, 15) is 27.9 Å². The molecule has 0 heterocycles. The second kappa shape index (κ2) is 6.60. The second-order valence-electron chi connectivity index (χ2n) is 6.42. The van der Waals surface area contributed by atoms with E-state index in [1.165, 1.54) is 18.2 Å². The third kappa shape index (κ3) is 4.61. The number of aliphatic hydroxyl groups is 1. The van der Waals surface area contributed by atoms with E-state index in [1.807, 2.05) is 5.32 Å². The van der Waals surface area contributed by atoms with Gasteiger partial charge in [0, 0.05) is 11.1 Å². The smallest absolute Gasteiger partial charge is 0.373 e. The lowest BCUT2D eigenvalue weighted by Gasteiger charge is -2.25. The second-order valence-corrected chi connectivity index (χ2v) is 6.83. The van der Waals surface area contributed by atoms with Gasteiger partial charge >= 0.3 is 6.18 Å². The Balaban J connectivity index is 2.94. The number of halogens is 4. The first-order valence-electron chi connectivity index (χ1n) is 6.88. The molecule has 0 unspecified atom stereocenters. The summed E-state index contributed by atoms with van der Waals surface area (Å²) in [6, 6.07) is 3.88. The molecule has 1 aromatic rings. The molecule has 9 heteroatoms. The van der Waals surface area contributed by atoms with Crippen LogP contribution in [0.1, 0.15) is 27.7 Å². The van der Waals surface area contributed by atoms with E-state index in [-0.39, 0.29) is 16.6 Å². The molecule has 0 saturated heterocycles. The van der Waals surface area contributed by atoms with E-state index < -0.39 is 23.1 Å². The van der Waals surface area contributed by atoms with Gasteiger partial charge in [-0.3, -0.25) is 9.59 Å². The van der Waals surface area contributed by atoms with Crippen LogP contribution in [0.2, 0.25) is 5.02 Å². The largest absolute Gasteiger partial charge is 0.426 e. The van der Waals surface area contributed by atoms with Crippen LogP contribution in [0, 0.1) is 5.41 Å². The van der Waals surface area contributed by atoms with Crippen molar-refractivity contribution in [3.63, 3.8) is 0 Å². The fourth-order valence-electron chi connectivity index (χ4n) is 1.39. The van der Waals surface area contributed by atoms with Gasteiger partial charge in [0.2, 0.25) is 11.5 Å². The summed E-state index contributed by atoms with van der Waals surface area (Å²) >= 11 is 5.91. The molecule has 0 radical (unpaired) electrons. The summed E-state index contributed by atoms with van der Waals surface area (Å²) in [5, 5.41) is 13.7. The van der Waals surface area contributed by atoms with Gasteiger partial charge in [-0.15, -0.1) is 0 Å². The summed E-state index contributed by atoms with van der Waals surface area (Å²) in [7, 11) is 0. The highest BCUT2D eigenvalue weighted by atomic mass is 35.5. The Morgan fingerprint density at radius 2 is 1.58 bits per heavy atom. The van der Waals surface area contributed by atoms with Gasteiger partial charge in [-0.2, -0.15) is 13.2 Å². The highest BCUT2D eigenvalue weighted by Crippen LogP contribution is 2.33. The number of rotatable bonds is 3. The summed E-state index contributed by atoms with van der Waals surface area (Å²) < 4.78 is 37.8. The number of alkyl halides is 3. The number of hydrogen-bond acceptors (Lipinski definition) is 3. The number of amides is 2. The summed E-state index contributed by atoms with van der Waals surface area (Å²) in [6.45, 7) is 5.46. The van der Waals surface area contributed by atoms with Gasteiger partial charge in [0.1, 0.15) is 0 Å². The first kappa shape index (κ1) is 20.2. The van der Waals surface area contributed by atoms with Crippen molar-refractivity contribution in [2.45, 2.75) is 39.5 Å². The normalized spacial score (nSPS) is 14.7. The zero-order valence-corrected chi connectivity index (χ0v) is 14.3. The molecule has 0 aromatic heterocycles. The molecule has 1 rings (SSSR count). The van der Waals surface area contributed by atoms with Crippen LogP contribution in [0.4, 0.5) is 24.5 Å². The van der Waals surface area contributed by atoms with Crippen LogP contribution in [-0.2, 0) is 9.59 Å². The minimum Gasteiger partial charge on any atom is -0.373 e. The zero-order valence-electron chi connectivity index (χ0n) is 13.5. The van der Waals surface area contributed by atoms with E-state index in [2.05, 4.69) is 5.32 Å². The van der Waals surface area contributed by atoms with Gasteiger partial charge in [0.15, 0.2) is 0 Å². The predicted octanol–water partition coefficient (Wildman–Crippen LogP) is 3.58. The molecule has 1 aromatic carbocycles. The number of carbonyl (C=O) groups is 2. The lowest BCUT2D eigenvalue weighted by atomic mass is 9.95. The molecule has 5 nitrogen and oxygen atoms in total. The Morgan fingerprint density at radius 3 is 2.00 bits per heavy atom. The average molecular weight is 367 g/mol. The van der Waals surface area contributed by atoms with E-state index in [4.69, 9.17) is 11.6 Å². The molecule has 0 aliphatic rings. The van der Waals surface area contributed by atoms with Crippen molar-refractivity contribution in [2.75, 3.05) is 10.6 Å². The van der Waals surface area contributed by atoms with Crippen molar-refractivity contribution < 1.29 is 27.9 Å². The van der Waals surface area contributed by atoms with Crippen molar-refractivity contribution in [1.82, 2.24) is 0 Å². The van der Waals surface area contributed by atoms with Crippen molar-refractivity contribution in [1.29, 1.82) is 0 Å². The van der Waals surface area contributed by atoms with Crippen molar-refractivity contribution in [2.24, 2.45) is 5.41 Å². The van der Waals surface area contributed by atoms with Crippen molar-refractivity contribution in [3.05, 3.63) is 23.2 Å². The van der Waals surface area contributed by atoms with Gasteiger partial charge in [-0.05, 0) is 25.1 Å². The SMILES string of the molecule is CC(C)(C)C(=O)Nc1ccc(NC(=O)[C@@](C)(O)C(F)(F)F)c(Cl)c1. The number of anilines is 2. The summed E-state index contributed by atoms with van der Waals surface area (Å²) in [4.78, 5) is 23.5. The fourth-order valence-corrected chi connectivity index (χ4v) is 1.61. The molecule has 0 aliphatic carbocycles. The maximum absolute atomic E-state index is 12.6. The molecule has 0 aliphatic heterocycles. The van der Waals surface area contributed by atoms with Crippen molar-refractivity contribution in [3.8, 4) is 0 Å². The molecule has 3 N–H and O–H groups in total. The van der Waals surface area contributed by atoms with Crippen LogP contribution in [0.15, 0.2) is 18.2 Å². The van der Waals surface area contributed by atoms with E-state index in [0.717, 1.165) is 0 Å². The molecule has 24 heavy (non-hydrogen) atoms. The van der Waals surface area contributed by atoms with Crippen LogP contribution in [0.3, 0.4) is 0 Å². The van der Waals surface area contributed by atoms with E-state index >= 15 is 0 Å². The first-order valence-corrected chi connectivity index (χ1v) is 7.25. The molecule has 2 amide bonds. The number of benzene rings is 1. The highest BCUT2D eigenvalue weighted by molar-refractivity contribution is 6.34. The minimum atomic E-state index is -5.13. The Labute approximate surface area is 142 Å². The van der Waals surface area contributed by atoms with Gasteiger partial charge < -0.3 is 15.7 Å². The third-order valence-corrected chi connectivity index (χ3v) is 3.46. The standard InChI is InChI=1S/C15H18ClF3N2O3/c1-13(2,3)11(22)20-8-5-6-10(9(16)7-8)21-12(23)14(4,24)15(17,18)19/h5-7,24H,1-4H3,(H,20,22)(H,21,23)/t14-/m1/s1. The Morgan fingerprint density at radius 1 is 1.04 bits per heavy atom. The number of nitrogens with one attached hydrogen (secondary N) is 2. The van der Waals surface area contributed by atoms with Crippen LogP contribution < -0.4 is 10.6 Å². The van der Waals surface area contributed by atoms with E-state index in [0.29, 0.717) is 12.6 Å². The lowest BCUT2D eigenvalue weighted by Crippen LogP contribution is -2.52. The highest BCUT2D eigenvalue weighted by Gasteiger charge is 2.55. The Hall–Kier alpha value is -1.80. The summed E-state index contributed by atoms with van der Waals surface area (Å²) in [5.41, 5.74) is -4.01. The monoisotopic (exact) mass is 366 g/mol. The first-order chi connectivity index (χ1) is 10.7. The molecule has 1 atom stereocenters. The maximum Gasteiger partial charge on any atom is 0.426 e. The topological polar surface area (TPSA) is 78.4 Å². The minimum absolute atomic E-state index is 0.0898. The quantitative estimate of drug-likeness (QED) is 0.765. The average Bonchev–Trinajstić information content (AvgIpc) is 2.39. The zero-order chi connectivity index (χ0) is 18.9. The molecule has 0 saturated carbocycles. The Kier molecular flexibility index (Phi) is 5.57. The number of carbonyl (C=O) groups excluding carboxylic acids is 2. The molecular formula is C15H18ClF3N2O3. The third-order valence-electron chi connectivity index (χ3n) is 3.15. The fraction of sp³-hybridized carbons (Fsp3) is 0.467. The van der Waals surface area contributed by atoms with E-state index in [1.54, 1.807) is 20.8 Å². The van der Waals surface area contributed by atoms with Crippen molar-refractivity contribution >= 4 is 34.8 Å². The summed E-state index contributed by atoms with van der Waals surface area (Å²) in [5.74, 6) is -1.95. The van der Waals surface area contributed by atoms with Gasteiger partial charge in [-0.1, -0.05) is 32.4 Å². The van der Waals surface area contributed by atoms with Crippen LogP contribution >= 0.6 is 11.6 Å². The van der Waals surface area contributed by atoms with Gasteiger partial charge in [-0.25, -0.2) is 0 Å².